The number of ether oxygens (including phenoxy) is 1. The van der Waals surface area contributed by atoms with Gasteiger partial charge in [0.25, 0.3) is 0 Å². The molecule has 0 unspecified atom stereocenters. The van der Waals surface area contributed by atoms with Crippen LogP contribution in [0.2, 0.25) is 0 Å². The van der Waals surface area contributed by atoms with Gasteiger partial charge in [0, 0.05) is 5.56 Å². The lowest BCUT2D eigenvalue weighted by molar-refractivity contribution is -0.166. The van der Waals surface area contributed by atoms with Gasteiger partial charge in [0.15, 0.2) is 0 Å². The summed E-state index contributed by atoms with van der Waals surface area (Å²) in [6.07, 6.45) is -3.75. The highest BCUT2D eigenvalue weighted by Crippen LogP contribution is 2.52. The van der Waals surface area contributed by atoms with E-state index in [9.17, 15) is 13.2 Å². The monoisotopic (exact) mass is 259 g/mol. The summed E-state index contributed by atoms with van der Waals surface area (Å²) in [6, 6.07) is 3.91. The van der Waals surface area contributed by atoms with Crippen LogP contribution in [0.1, 0.15) is 18.9 Å². The third-order valence-electron chi connectivity index (χ3n) is 2.57. The van der Waals surface area contributed by atoms with Crippen molar-refractivity contribution < 1.29 is 17.9 Å². The van der Waals surface area contributed by atoms with E-state index in [0.717, 1.165) is 6.42 Å². The minimum absolute atomic E-state index is 0.0867. The molecule has 98 valence electrons. The van der Waals surface area contributed by atoms with Crippen LogP contribution >= 0.6 is 0 Å². The van der Waals surface area contributed by atoms with Gasteiger partial charge in [-0.1, -0.05) is 13.0 Å². The molecule has 1 aromatic rings. The lowest BCUT2D eigenvalue weighted by Crippen LogP contribution is -2.30. The summed E-state index contributed by atoms with van der Waals surface area (Å²) in [5.74, 6) is 0.374. The van der Waals surface area contributed by atoms with Crippen molar-refractivity contribution in [3.8, 4) is 5.75 Å². The highest BCUT2D eigenvalue weighted by Gasteiger charge is 2.65. The quantitative estimate of drug-likeness (QED) is 0.844. The largest absolute Gasteiger partial charge is 0.491 e. The summed E-state index contributed by atoms with van der Waals surface area (Å²) in [7, 11) is 0. The number of anilines is 1. The van der Waals surface area contributed by atoms with Gasteiger partial charge in [0.05, 0.1) is 12.3 Å². The highest BCUT2D eigenvalue weighted by atomic mass is 19.4. The zero-order valence-corrected chi connectivity index (χ0v) is 9.66. The molecule has 0 atom stereocenters. The second-order valence-electron chi connectivity index (χ2n) is 3.97. The van der Waals surface area contributed by atoms with Crippen molar-refractivity contribution in [1.82, 2.24) is 0 Å². The third-order valence-corrected chi connectivity index (χ3v) is 2.57. The molecule has 0 fully saturated rings. The van der Waals surface area contributed by atoms with E-state index in [-0.39, 0.29) is 11.3 Å². The first-order valence-electron chi connectivity index (χ1n) is 5.44. The summed E-state index contributed by atoms with van der Waals surface area (Å²) in [4.78, 5) is 0. The van der Waals surface area contributed by atoms with Crippen LogP contribution < -0.4 is 10.5 Å². The molecule has 1 heterocycles. The topological polar surface area (TPSA) is 60.0 Å². The fourth-order valence-corrected chi connectivity index (χ4v) is 1.55. The van der Waals surface area contributed by atoms with Gasteiger partial charge in [0.2, 0.25) is 0 Å². The first-order valence-corrected chi connectivity index (χ1v) is 5.44. The minimum Gasteiger partial charge on any atom is -0.491 e. The summed E-state index contributed by atoms with van der Waals surface area (Å²) < 4.78 is 43.6. The van der Waals surface area contributed by atoms with Gasteiger partial charge < -0.3 is 10.5 Å². The molecule has 18 heavy (non-hydrogen) atoms. The van der Waals surface area contributed by atoms with Crippen molar-refractivity contribution in [2.75, 3.05) is 12.3 Å². The Morgan fingerprint density at radius 1 is 1.33 bits per heavy atom. The Hall–Kier alpha value is -1.79. The van der Waals surface area contributed by atoms with Gasteiger partial charge in [-0.2, -0.15) is 13.2 Å². The number of nitrogen functional groups attached to an aromatic ring is 1. The zero-order chi connectivity index (χ0) is 13.4. The molecule has 7 heteroatoms. The average molecular weight is 259 g/mol. The van der Waals surface area contributed by atoms with Crippen molar-refractivity contribution in [2.24, 2.45) is 10.2 Å². The van der Waals surface area contributed by atoms with Crippen LogP contribution in [0.3, 0.4) is 0 Å². The van der Waals surface area contributed by atoms with Gasteiger partial charge in [-0.15, -0.1) is 10.2 Å². The molecule has 0 bridgehead atoms. The van der Waals surface area contributed by atoms with Crippen LogP contribution in [0.15, 0.2) is 28.4 Å². The number of nitrogens with two attached hydrogens (primary N) is 1. The lowest BCUT2D eigenvalue weighted by Gasteiger charge is -2.16. The van der Waals surface area contributed by atoms with Gasteiger partial charge in [0.1, 0.15) is 5.75 Å². The Morgan fingerprint density at radius 2 is 2.00 bits per heavy atom. The predicted molar refractivity (Wildman–Crippen MR) is 59.2 cm³/mol. The van der Waals surface area contributed by atoms with E-state index in [0.29, 0.717) is 12.4 Å². The summed E-state index contributed by atoms with van der Waals surface area (Å²) in [6.45, 7) is 2.38. The fraction of sp³-hybridized carbons (Fsp3) is 0.455. The molecule has 0 saturated heterocycles. The van der Waals surface area contributed by atoms with Crippen molar-refractivity contribution in [3.05, 3.63) is 23.8 Å². The van der Waals surface area contributed by atoms with Gasteiger partial charge >= 0.3 is 11.8 Å². The molecule has 0 radical (unpaired) electrons. The molecular formula is C11H12F3N3O. The van der Waals surface area contributed by atoms with Crippen LogP contribution in [0, 0.1) is 0 Å². The molecule has 1 aliphatic rings. The maximum absolute atomic E-state index is 12.8. The number of rotatable bonds is 4. The first kappa shape index (κ1) is 12.7. The zero-order valence-electron chi connectivity index (χ0n) is 9.66. The number of hydrogen-bond donors (Lipinski definition) is 1. The molecule has 2 N–H and O–H groups in total. The highest BCUT2D eigenvalue weighted by molar-refractivity contribution is 5.56. The van der Waals surface area contributed by atoms with Crippen LogP contribution in [-0.2, 0) is 5.66 Å². The molecule has 2 rings (SSSR count). The number of halogens is 3. The third kappa shape index (κ3) is 2.00. The van der Waals surface area contributed by atoms with Crippen LogP contribution in [0.25, 0.3) is 0 Å². The number of benzene rings is 1. The smallest absolute Gasteiger partial charge is 0.442 e. The summed E-state index contributed by atoms with van der Waals surface area (Å²) in [5, 5.41) is 6.22. The van der Waals surface area contributed by atoms with E-state index < -0.39 is 11.8 Å². The summed E-state index contributed by atoms with van der Waals surface area (Å²) in [5.41, 5.74) is 3.30. The predicted octanol–water partition coefficient (Wildman–Crippen LogP) is 3.24. The Kier molecular flexibility index (Phi) is 2.92. The molecule has 1 aliphatic heterocycles. The first-order chi connectivity index (χ1) is 8.40. The van der Waals surface area contributed by atoms with E-state index in [1.165, 1.54) is 18.2 Å². The molecule has 1 aromatic carbocycles. The number of nitrogens with zero attached hydrogens (tertiary/aromatic N) is 2. The van der Waals surface area contributed by atoms with Crippen LogP contribution in [0.4, 0.5) is 18.9 Å². The molecule has 0 aromatic heterocycles. The molecule has 4 nitrogen and oxygen atoms in total. The van der Waals surface area contributed by atoms with Crippen molar-refractivity contribution >= 4 is 5.69 Å². The average Bonchev–Trinajstić information content (AvgIpc) is 3.07. The molecule has 0 saturated carbocycles. The van der Waals surface area contributed by atoms with Crippen molar-refractivity contribution in [2.45, 2.75) is 25.2 Å². The molecular weight excluding hydrogens is 247 g/mol. The van der Waals surface area contributed by atoms with E-state index in [1.807, 2.05) is 6.92 Å². The fourth-order valence-electron chi connectivity index (χ4n) is 1.55. The van der Waals surface area contributed by atoms with Crippen molar-refractivity contribution in [1.29, 1.82) is 0 Å². The van der Waals surface area contributed by atoms with Gasteiger partial charge in [-0.3, -0.25) is 0 Å². The van der Waals surface area contributed by atoms with Gasteiger partial charge in [-0.25, -0.2) is 0 Å². The van der Waals surface area contributed by atoms with Crippen LogP contribution in [-0.4, -0.2) is 12.8 Å². The molecule has 0 aliphatic carbocycles. The second kappa shape index (κ2) is 4.15. The SMILES string of the molecule is CCCOc1ccc(C2(C(F)(F)F)N=N2)cc1N. The summed E-state index contributed by atoms with van der Waals surface area (Å²) >= 11 is 0. The standard InChI is InChI=1S/C11H12F3N3O/c1-2-5-18-9-4-3-7(6-8(9)15)10(16-17-10)11(12,13)14/h3-4,6H,2,5,15H2,1H3. The maximum atomic E-state index is 12.8. The Balaban J connectivity index is 2.25. The maximum Gasteiger partial charge on any atom is 0.442 e. The van der Waals surface area contributed by atoms with E-state index in [4.69, 9.17) is 10.5 Å². The van der Waals surface area contributed by atoms with Gasteiger partial charge in [-0.05, 0) is 18.6 Å². The number of hydrogen-bond acceptors (Lipinski definition) is 4. The molecule has 0 amide bonds. The van der Waals surface area contributed by atoms with E-state index in [2.05, 4.69) is 10.2 Å². The van der Waals surface area contributed by atoms with E-state index >= 15 is 0 Å². The van der Waals surface area contributed by atoms with E-state index in [1.54, 1.807) is 0 Å². The van der Waals surface area contributed by atoms with Crippen LogP contribution in [0.5, 0.6) is 5.75 Å². The van der Waals surface area contributed by atoms with Crippen molar-refractivity contribution in [3.63, 3.8) is 0 Å². The normalized spacial score (nSPS) is 16.7. The Morgan fingerprint density at radius 3 is 2.44 bits per heavy atom. The Labute approximate surface area is 102 Å². The molecule has 0 spiro atoms. The Bertz CT molecular complexity index is 479. The second-order valence-corrected chi connectivity index (χ2v) is 3.97. The lowest BCUT2D eigenvalue weighted by atomic mass is 10.0. The number of alkyl halides is 3. The minimum atomic E-state index is -4.54.